The molecule has 0 radical (unpaired) electrons. The minimum Gasteiger partial charge on any atom is -0.353 e. The maximum absolute atomic E-state index is 12.7. The third-order valence-electron chi connectivity index (χ3n) is 4.92. The summed E-state index contributed by atoms with van der Waals surface area (Å²) >= 11 is 12.3. The topological polar surface area (TPSA) is 83.8 Å². The van der Waals surface area contributed by atoms with Crippen molar-refractivity contribution in [1.29, 1.82) is 0 Å². The highest BCUT2D eigenvalue weighted by molar-refractivity contribution is 6.42. The van der Waals surface area contributed by atoms with Crippen LogP contribution in [0.3, 0.4) is 0 Å². The molecule has 0 fully saturated rings. The van der Waals surface area contributed by atoms with Crippen LogP contribution < -0.4 is 11.1 Å². The van der Waals surface area contributed by atoms with Gasteiger partial charge in [-0.2, -0.15) is 0 Å². The molecule has 0 aliphatic carbocycles. The molecule has 0 atom stereocenters. The third-order valence-corrected chi connectivity index (χ3v) is 5.66. The first-order chi connectivity index (χ1) is 14.0. The molecule has 7 heteroatoms. The fourth-order valence-corrected chi connectivity index (χ4v) is 3.73. The van der Waals surface area contributed by atoms with Gasteiger partial charge in [-0.15, -0.1) is 0 Å². The van der Waals surface area contributed by atoms with Gasteiger partial charge in [-0.1, -0.05) is 47.5 Å². The highest BCUT2D eigenvalue weighted by Gasteiger charge is 2.18. The summed E-state index contributed by atoms with van der Waals surface area (Å²) in [5.74, 6) is -0.233. The van der Waals surface area contributed by atoms with E-state index in [-0.39, 0.29) is 5.91 Å². The van der Waals surface area contributed by atoms with Gasteiger partial charge in [-0.25, -0.2) is 4.98 Å². The van der Waals surface area contributed by atoms with Crippen molar-refractivity contribution in [2.45, 2.75) is 13.3 Å². The molecule has 2 aromatic heterocycles. The average molecular weight is 427 g/mol. The van der Waals surface area contributed by atoms with Crippen LogP contribution in [0.4, 0.5) is 0 Å². The number of pyridine rings is 1. The molecule has 0 saturated carbocycles. The van der Waals surface area contributed by atoms with Crippen LogP contribution in [-0.2, 0) is 0 Å². The van der Waals surface area contributed by atoms with Gasteiger partial charge in [0.2, 0.25) is 0 Å². The Kier molecular flexibility index (Phi) is 5.46. The van der Waals surface area contributed by atoms with E-state index in [0.717, 1.165) is 32.9 Å². The molecular formula is C22H20Cl2N4O. The number of rotatable bonds is 5. The van der Waals surface area contributed by atoms with E-state index in [1.54, 1.807) is 12.1 Å². The van der Waals surface area contributed by atoms with E-state index in [1.165, 1.54) is 0 Å². The molecule has 0 unspecified atom stereocenters. The summed E-state index contributed by atoms with van der Waals surface area (Å²) in [5, 5.41) is 5.75. The molecule has 4 N–H and O–H groups in total. The lowest BCUT2D eigenvalue weighted by Crippen LogP contribution is -2.26. The average Bonchev–Trinajstić information content (AvgIpc) is 3.10. The quantitative estimate of drug-likeness (QED) is 0.389. The number of halogens is 2. The van der Waals surface area contributed by atoms with Crippen molar-refractivity contribution in [3.63, 3.8) is 0 Å². The summed E-state index contributed by atoms with van der Waals surface area (Å²) in [7, 11) is 0. The van der Waals surface area contributed by atoms with E-state index in [4.69, 9.17) is 28.9 Å². The van der Waals surface area contributed by atoms with Gasteiger partial charge in [-0.3, -0.25) is 4.79 Å². The molecule has 0 saturated heterocycles. The van der Waals surface area contributed by atoms with Crippen LogP contribution in [0.1, 0.15) is 22.5 Å². The molecule has 148 valence electrons. The number of fused-ring (bicyclic) bond motifs is 3. The van der Waals surface area contributed by atoms with Gasteiger partial charge >= 0.3 is 0 Å². The van der Waals surface area contributed by atoms with Gasteiger partial charge in [0.05, 0.1) is 21.3 Å². The molecule has 0 aliphatic heterocycles. The maximum Gasteiger partial charge on any atom is 0.269 e. The molecular weight excluding hydrogens is 407 g/mol. The SMILES string of the molecule is Cc1cccc2c1[nH]c1c(-c3ccc(Cl)c(Cl)c3)nc(C(=O)NCCCN)cc12. The normalized spacial score (nSPS) is 11.3. The summed E-state index contributed by atoms with van der Waals surface area (Å²) in [5.41, 5.74) is 10.3. The number of aromatic amines is 1. The van der Waals surface area contributed by atoms with Crippen molar-refractivity contribution in [2.75, 3.05) is 13.1 Å². The minimum atomic E-state index is -0.233. The van der Waals surface area contributed by atoms with Gasteiger partial charge in [-0.05, 0) is 43.7 Å². The van der Waals surface area contributed by atoms with E-state index < -0.39 is 0 Å². The Labute approximate surface area is 178 Å². The van der Waals surface area contributed by atoms with Crippen molar-refractivity contribution in [3.8, 4) is 11.3 Å². The Hall–Kier alpha value is -2.60. The van der Waals surface area contributed by atoms with E-state index in [0.29, 0.717) is 40.9 Å². The van der Waals surface area contributed by atoms with Crippen LogP contribution in [0.2, 0.25) is 10.0 Å². The number of aromatic nitrogens is 2. The lowest BCUT2D eigenvalue weighted by Gasteiger charge is -2.09. The lowest BCUT2D eigenvalue weighted by molar-refractivity contribution is 0.0949. The standard InChI is InChI=1S/C22H20Cl2N4O/c1-12-4-2-5-14-15-11-18(22(29)26-9-3-8-25)27-20(21(15)28-19(12)14)13-6-7-16(23)17(24)10-13/h2,4-7,10-11,28H,3,8-9,25H2,1H3,(H,26,29). The molecule has 29 heavy (non-hydrogen) atoms. The number of amides is 1. The fourth-order valence-electron chi connectivity index (χ4n) is 3.43. The first kappa shape index (κ1) is 19.7. The second kappa shape index (κ2) is 8.03. The third kappa shape index (κ3) is 3.69. The first-order valence-electron chi connectivity index (χ1n) is 9.35. The number of carbonyl (C=O) groups is 1. The zero-order valence-corrected chi connectivity index (χ0v) is 17.4. The molecule has 0 aliphatic rings. The van der Waals surface area contributed by atoms with Gasteiger partial charge in [0, 0.05) is 28.4 Å². The molecule has 0 spiro atoms. The van der Waals surface area contributed by atoms with Gasteiger partial charge in [0.25, 0.3) is 5.91 Å². The number of aryl methyl sites for hydroxylation is 1. The van der Waals surface area contributed by atoms with E-state index in [1.807, 2.05) is 37.3 Å². The molecule has 1 amide bonds. The minimum absolute atomic E-state index is 0.233. The van der Waals surface area contributed by atoms with Crippen molar-refractivity contribution >= 4 is 50.9 Å². The summed E-state index contributed by atoms with van der Waals surface area (Å²) in [6.07, 6.45) is 0.708. The monoisotopic (exact) mass is 426 g/mol. The predicted octanol–water partition coefficient (Wildman–Crippen LogP) is 5.08. The number of H-pyrrole nitrogens is 1. The zero-order chi connectivity index (χ0) is 20.5. The predicted molar refractivity (Wildman–Crippen MR) is 120 cm³/mol. The molecule has 5 nitrogen and oxygen atoms in total. The van der Waals surface area contributed by atoms with Gasteiger partial charge in [0.1, 0.15) is 5.69 Å². The Morgan fingerprint density at radius 2 is 1.93 bits per heavy atom. The number of hydrogen-bond donors (Lipinski definition) is 3. The van der Waals surface area contributed by atoms with Crippen LogP contribution in [0.5, 0.6) is 0 Å². The van der Waals surface area contributed by atoms with E-state index >= 15 is 0 Å². The van der Waals surface area contributed by atoms with Crippen LogP contribution in [0.15, 0.2) is 42.5 Å². The number of carbonyl (C=O) groups excluding carboxylic acids is 1. The van der Waals surface area contributed by atoms with E-state index in [9.17, 15) is 4.79 Å². The van der Waals surface area contributed by atoms with Crippen LogP contribution >= 0.6 is 23.2 Å². The summed E-state index contributed by atoms with van der Waals surface area (Å²) in [6.45, 7) is 3.07. The van der Waals surface area contributed by atoms with E-state index in [2.05, 4.69) is 15.3 Å². The molecule has 4 aromatic rings. The van der Waals surface area contributed by atoms with Crippen molar-refractivity contribution in [1.82, 2.24) is 15.3 Å². The van der Waals surface area contributed by atoms with Crippen LogP contribution in [-0.4, -0.2) is 29.0 Å². The molecule has 0 bridgehead atoms. The first-order valence-corrected chi connectivity index (χ1v) is 10.1. The zero-order valence-electron chi connectivity index (χ0n) is 15.9. The molecule has 4 rings (SSSR count). The highest BCUT2D eigenvalue weighted by atomic mass is 35.5. The Morgan fingerprint density at radius 1 is 1.10 bits per heavy atom. The number of nitrogens with two attached hydrogens (primary N) is 1. The largest absolute Gasteiger partial charge is 0.353 e. The number of nitrogens with zero attached hydrogens (tertiary/aromatic N) is 1. The van der Waals surface area contributed by atoms with Crippen molar-refractivity contribution < 1.29 is 4.79 Å². The van der Waals surface area contributed by atoms with Gasteiger partial charge in [0.15, 0.2) is 0 Å². The summed E-state index contributed by atoms with van der Waals surface area (Å²) in [4.78, 5) is 20.9. The Balaban J connectivity index is 1.96. The van der Waals surface area contributed by atoms with Crippen molar-refractivity contribution in [3.05, 3.63) is 63.8 Å². The Morgan fingerprint density at radius 3 is 2.69 bits per heavy atom. The maximum atomic E-state index is 12.7. The second-order valence-electron chi connectivity index (χ2n) is 6.93. The second-order valence-corrected chi connectivity index (χ2v) is 7.74. The molecule has 2 heterocycles. The van der Waals surface area contributed by atoms with Crippen LogP contribution in [0.25, 0.3) is 33.1 Å². The number of nitrogens with one attached hydrogen (secondary N) is 2. The fraction of sp³-hybridized carbons (Fsp3) is 0.182. The smallest absolute Gasteiger partial charge is 0.269 e. The number of hydrogen-bond acceptors (Lipinski definition) is 3. The van der Waals surface area contributed by atoms with Crippen LogP contribution in [0, 0.1) is 6.92 Å². The molecule has 2 aromatic carbocycles. The summed E-state index contributed by atoms with van der Waals surface area (Å²) in [6, 6.07) is 13.3. The number of para-hydroxylation sites is 1. The Bertz CT molecular complexity index is 1230. The highest BCUT2D eigenvalue weighted by Crippen LogP contribution is 2.35. The number of benzene rings is 2. The van der Waals surface area contributed by atoms with Crippen molar-refractivity contribution in [2.24, 2.45) is 5.73 Å². The van der Waals surface area contributed by atoms with Gasteiger partial charge < -0.3 is 16.0 Å². The lowest BCUT2D eigenvalue weighted by atomic mass is 10.1. The summed E-state index contributed by atoms with van der Waals surface area (Å²) < 4.78 is 0.